The first kappa shape index (κ1) is 20.8. The minimum atomic E-state index is -0.458. The molecule has 2 aromatic heterocycles. The van der Waals surface area contributed by atoms with Crippen molar-refractivity contribution in [3.63, 3.8) is 0 Å². The SMILES string of the molecule is Cc1cc(Sc2ccccc2NC(=O)c2cccc(F)c2)n2nc(-c3ccccc3)nc2n1. The van der Waals surface area contributed by atoms with Gasteiger partial charge in [0.1, 0.15) is 10.8 Å². The van der Waals surface area contributed by atoms with Crippen LogP contribution in [0.15, 0.2) is 94.9 Å². The fourth-order valence-corrected chi connectivity index (χ4v) is 4.37. The quantitative estimate of drug-likeness (QED) is 0.347. The molecule has 5 rings (SSSR count). The average Bonchev–Trinajstić information content (AvgIpc) is 3.25. The molecular formula is C25H18FN5OS. The van der Waals surface area contributed by atoms with Crippen LogP contribution in [0, 0.1) is 12.7 Å². The molecule has 0 radical (unpaired) electrons. The second-order valence-corrected chi connectivity index (χ2v) is 8.37. The number of aromatic nitrogens is 4. The zero-order valence-electron chi connectivity index (χ0n) is 17.6. The van der Waals surface area contributed by atoms with Crippen molar-refractivity contribution < 1.29 is 9.18 Å². The first-order valence-corrected chi connectivity index (χ1v) is 11.0. The number of carbonyl (C=O) groups excluding carboxylic acids is 1. The largest absolute Gasteiger partial charge is 0.321 e. The number of para-hydroxylation sites is 1. The molecule has 6 nitrogen and oxygen atoms in total. The van der Waals surface area contributed by atoms with Gasteiger partial charge in [-0.2, -0.15) is 9.50 Å². The third-order valence-electron chi connectivity index (χ3n) is 4.88. The second-order valence-electron chi connectivity index (χ2n) is 7.31. The molecule has 3 aromatic carbocycles. The zero-order chi connectivity index (χ0) is 22.8. The van der Waals surface area contributed by atoms with Crippen LogP contribution in [0.25, 0.3) is 17.2 Å². The van der Waals surface area contributed by atoms with Crippen molar-refractivity contribution in [1.82, 2.24) is 19.6 Å². The van der Waals surface area contributed by atoms with Gasteiger partial charge < -0.3 is 5.32 Å². The van der Waals surface area contributed by atoms with Gasteiger partial charge in [0, 0.05) is 21.7 Å². The van der Waals surface area contributed by atoms with E-state index in [4.69, 9.17) is 0 Å². The smallest absolute Gasteiger partial charge is 0.255 e. The Morgan fingerprint density at radius 2 is 1.73 bits per heavy atom. The van der Waals surface area contributed by atoms with E-state index in [2.05, 4.69) is 20.4 Å². The van der Waals surface area contributed by atoms with Gasteiger partial charge in [0.2, 0.25) is 0 Å². The molecule has 0 aliphatic heterocycles. The van der Waals surface area contributed by atoms with E-state index < -0.39 is 5.82 Å². The van der Waals surface area contributed by atoms with Gasteiger partial charge in [0.05, 0.1) is 5.69 Å². The molecule has 0 saturated heterocycles. The summed E-state index contributed by atoms with van der Waals surface area (Å²) in [5.74, 6) is 0.243. The number of carbonyl (C=O) groups is 1. The molecule has 1 N–H and O–H groups in total. The topological polar surface area (TPSA) is 72.2 Å². The van der Waals surface area contributed by atoms with Gasteiger partial charge in [-0.15, -0.1) is 5.10 Å². The van der Waals surface area contributed by atoms with Gasteiger partial charge in [0.25, 0.3) is 11.7 Å². The number of benzene rings is 3. The molecule has 162 valence electrons. The molecule has 0 aliphatic rings. The highest BCUT2D eigenvalue weighted by Gasteiger charge is 2.15. The summed E-state index contributed by atoms with van der Waals surface area (Å²) in [6, 6.07) is 24.7. The van der Waals surface area contributed by atoms with Crippen LogP contribution in [0.4, 0.5) is 10.1 Å². The maximum absolute atomic E-state index is 13.5. The minimum Gasteiger partial charge on any atom is -0.321 e. The van der Waals surface area contributed by atoms with Gasteiger partial charge >= 0.3 is 0 Å². The van der Waals surface area contributed by atoms with E-state index in [1.807, 2.05) is 67.6 Å². The summed E-state index contributed by atoms with van der Waals surface area (Å²) >= 11 is 1.44. The van der Waals surface area contributed by atoms with Crippen LogP contribution in [-0.2, 0) is 0 Å². The number of halogens is 1. The minimum absolute atomic E-state index is 0.251. The third-order valence-corrected chi connectivity index (χ3v) is 5.95. The molecule has 2 heterocycles. The number of amides is 1. The predicted octanol–water partition coefficient (Wildman–Crippen LogP) is 5.64. The van der Waals surface area contributed by atoms with Crippen molar-refractivity contribution in [2.24, 2.45) is 0 Å². The van der Waals surface area contributed by atoms with E-state index in [0.717, 1.165) is 21.2 Å². The van der Waals surface area contributed by atoms with Gasteiger partial charge in [-0.05, 0) is 43.3 Å². The van der Waals surface area contributed by atoms with Crippen LogP contribution in [-0.4, -0.2) is 25.5 Å². The Bertz CT molecular complexity index is 1470. The number of hydrogen-bond acceptors (Lipinski definition) is 5. The molecule has 8 heteroatoms. The Labute approximate surface area is 193 Å². The number of aryl methyl sites for hydroxylation is 1. The molecule has 0 saturated carbocycles. The second kappa shape index (κ2) is 8.84. The number of nitrogens with one attached hydrogen (secondary N) is 1. The summed E-state index contributed by atoms with van der Waals surface area (Å²) in [6.07, 6.45) is 0. The Morgan fingerprint density at radius 1 is 0.939 bits per heavy atom. The summed E-state index contributed by atoms with van der Waals surface area (Å²) in [5.41, 5.74) is 2.57. The predicted molar refractivity (Wildman–Crippen MR) is 126 cm³/mol. The Kier molecular flexibility index (Phi) is 5.58. The fourth-order valence-electron chi connectivity index (χ4n) is 3.33. The van der Waals surface area contributed by atoms with E-state index in [9.17, 15) is 9.18 Å². The van der Waals surface area contributed by atoms with Crippen LogP contribution in [0.1, 0.15) is 16.1 Å². The van der Waals surface area contributed by atoms with Crippen molar-refractivity contribution in [3.05, 3.63) is 102 Å². The van der Waals surface area contributed by atoms with Crippen molar-refractivity contribution >= 4 is 29.1 Å². The normalized spacial score (nSPS) is 11.0. The monoisotopic (exact) mass is 455 g/mol. The van der Waals surface area contributed by atoms with Crippen LogP contribution >= 0.6 is 11.8 Å². The van der Waals surface area contributed by atoms with Gasteiger partial charge in [-0.3, -0.25) is 4.79 Å². The zero-order valence-corrected chi connectivity index (χ0v) is 18.4. The molecule has 0 unspecified atom stereocenters. The Balaban J connectivity index is 1.49. The van der Waals surface area contributed by atoms with Crippen molar-refractivity contribution in [1.29, 1.82) is 0 Å². The van der Waals surface area contributed by atoms with E-state index in [1.54, 1.807) is 10.6 Å². The highest BCUT2D eigenvalue weighted by atomic mass is 32.2. The molecule has 0 atom stereocenters. The lowest BCUT2D eigenvalue weighted by Gasteiger charge is -2.11. The lowest BCUT2D eigenvalue weighted by molar-refractivity contribution is 0.102. The Hall–Kier alpha value is -4.04. The molecule has 1 amide bonds. The molecule has 0 fully saturated rings. The summed E-state index contributed by atoms with van der Waals surface area (Å²) in [6.45, 7) is 1.90. The van der Waals surface area contributed by atoms with Crippen molar-refractivity contribution in [2.45, 2.75) is 16.8 Å². The van der Waals surface area contributed by atoms with E-state index in [0.29, 0.717) is 17.3 Å². The number of fused-ring (bicyclic) bond motifs is 1. The number of nitrogens with zero attached hydrogens (tertiary/aromatic N) is 4. The average molecular weight is 456 g/mol. The van der Waals surface area contributed by atoms with Crippen molar-refractivity contribution in [2.75, 3.05) is 5.32 Å². The van der Waals surface area contributed by atoms with Crippen LogP contribution in [0.2, 0.25) is 0 Å². The molecule has 0 spiro atoms. The first-order chi connectivity index (χ1) is 16.1. The molecule has 0 bridgehead atoms. The summed E-state index contributed by atoms with van der Waals surface area (Å²) in [4.78, 5) is 22.6. The van der Waals surface area contributed by atoms with E-state index >= 15 is 0 Å². The maximum atomic E-state index is 13.5. The van der Waals surface area contributed by atoms with Gasteiger partial charge in [-0.25, -0.2) is 9.37 Å². The van der Waals surface area contributed by atoms with Crippen LogP contribution < -0.4 is 5.32 Å². The lowest BCUT2D eigenvalue weighted by Crippen LogP contribution is -2.12. The molecule has 5 aromatic rings. The number of hydrogen-bond donors (Lipinski definition) is 1. The van der Waals surface area contributed by atoms with Crippen LogP contribution in [0.5, 0.6) is 0 Å². The summed E-state index contributed by atoms with van der Waals surface area (Å²) in [5, 5.41) is 8.35. The number of rotatable bonds is 5. The lowest BCUT2D eigenvalue weighted by atomic mass is 10.2. The highest BCUT2D eigenvalue weighted by molar-refractivity contribution is 7.99. The summed E-state index contributed by atoms with van der Waals surface area (Å²) in [7, 11) is 0. The molecular weight excluding hydrogens is 437 g/mol. The molecule has 33 heavy (non-hydrogen) atoms. The standard InChI is InChI=1S/C25H18FN5OS/c1-16-14-22(31-25(27-16)29-23(30-31)17-8-3-2-4-9-17)33-21-13-6-5-12-20(21)28-24(32)18-10-7-11-19(26)15-18/h2-15H,1H3,(H,28,32). The fraction of sp³-hybridized carbons (Fsp3) is 0.0400. The van der Waals surface area contributed by atoms with Gasteiger partial charge in [0.15, 0.2) is 5.82 Å². The third kappa shape index (κ3) is 4.47. The van der Waals surface area contributed by atoms with E-state index in [-0.39, 0.29) is 11.5 Å². The molecule has 0 aliphatic carbocycles. The van der Waals surface area contributed by atoms with Gasteiger partial charge in [-0.1, -0.05) is 60.3 Å². The Morgan fingerprint density at radius 3 is 2.55 bits per heavy atom. The van der Waals surface area contributed by atoms with Crippen molar-refractivity contribution in [3.8, 4) is 11.4 Å². The first-order valence-electron chi connectivity index (χ1n) is 10.2. The maximum Gasteiger partial charge on any atom is 0.255 e. The van der Waals surface area contributed by atoms with Crippen LogP contribution in [0.3, 0.4) is 0 Å². The number of anilines is 1. The van der Waals surface area contributed by atoms with E-state index in [1.165, 1.54) is 30.0 Å². The summed E-state index contributed by atoms with van der Waals surface area (Å²) < 4.78 is 15.2. The highest BCUT2D eigenvalue weighted by Crippen LogP contribution is 2.34.